The minimum absolute atomic E-state index is 0.0147. The second kappa shape index (κ2) is 5.18. The Morgan fingerprint density at radius 2 is 1.75 bits per heavy atom. The van der Waals surface area contributed by atoms with E-state index in [4.69, 9.17) is 9.47 Å². The molecule has 0 aliphatic heterocycles. The number of methoxy groups -OCH3 is 2. The van der Waals surface area contributed by atoms with Crippen LogP contribution in [0.4, 0.5) is 0 Å². The maximum Gasteiger partial charge on any atom is 0.264 e. The molecule has 0 radical (unpaired) electrons. The molecule has 1 aromatic rings. The Morgan fingerprint density at radius 1 is 1.12 bits per heavy atom. The van der Waals surface area contributed by atoms with Crippen molar-refractivity contribution in [2.75, 3.05) is 20.5 Å². The van der Waals surface area contributed by atoms with Gasteiger partial charge < -0.3 is 9.47 Å². The molecule has 0 atom stereocenters. The van der Waals surface area contributed by atoms with Crippen LogP contribution in [0.25, 0.3) is 0 Å². The summed E-state index contributed by atoms with van der Waals surface area (Å²) in [7, 11) is -0.384. The lowest BCUT2D eigenvalue weighted by Gasteiger charge is -2.09. The SMILES string of the molecule is COc1ccc(COS(C)(=O)=O)cc1OC. The predicted molar refractivity (Wildman–Crippen MR) is 59.2 cm³/mol. The zero-order valence-corrected chi connectivity index (χ0v) is 10.2. The fourth-order valence-electron chi connectivity index (χ4n) is 1.15. The van der Waals surface area contributed by atoms with Crippen LogP contribution in [0.5, 0.6) is 11.5 Å². The van der Waals surface area contributed by atoms with E-state index in [0.29, 0.717) is 17.1 Å². The summed E-state index contributed by atoms with van der Waals surface area (Å²) in [6.07, 6.45) is 1.01. The van der Waals surface area contributed by atoms with Crippen molar-refractivity contribution in [2.45, 2.75) is 6.61 Å². The molecule has 5 nitrogen and oxygen atoms in total. The van der Waals surface area contributed by atoms with E-state index in [1.54, 1.807) is 18.2 Å². The van der Waals surface area contributed by atoms with Crippen LogP contribution in [0.2, 0.25) is 0 Å². The topological polar surface area (TPSA) is 61.8 Å². The summed E-state index contributed by atoms with van der Waals surface area (Å²) in [4.78, 5) is 0. The molecule has 0 heterocycles. The summed E-state index contributed by atoms with van der Waals surface area (Å²) >= 11 is 0. The molecule has 0 aliphatic carbocycles. The van der Waals surface area contributed by atoms with E-state index >= 15 is 0 Å². The Kier molecular flexibility index (Phi) is 4.14. The Balaban J connectivity index is 2.83. The second-order valence-electron chi connectivity index (χ2n) is 3.16. The highest BCUT2D eigenvalue weighted by atomic mass is 32.2. The van der Waals surface area contributed by atoms with Crippen LogP contribution < -0.4 is 9.47 Å². The largest absolute Gasteiger partial charge is 0.493 e. The molecule has 0 saturated carbocycles. The van der Waals surface area contributed by atoms with Gasteiger partial charge in [-0.1, -0.05) is 6.07 Å². The van der Waals surface area contributed by atoms with Gasteiger partial charge in [0.25, 0.3) is 10.1 Å². The van der Waals surface area contributed by atoms with Crippen molar-refractivity contribution >= 4 is 10.1 Å². The van der Waals surface area contributed by atoms with Crippen LogP contribution in [-0.2, 0) is 20.9 Å². The van der Waals surface area contributed by atoms with Gasteiger partial charge in [-0.3, -0.25) is 4.18 Å². The van der Waals surface area contributed by atoms with Crippen molar-refractivity contribution in [2.24, 2.45) is 0 Å². The fourth-order valence-corrected chi connectivity index (χ4v) is 1.50. The first kappa shape index (κ1) is 12.8. The number of hydrogen-bond donors (Lipinski definition) is 0. The predicted octanol–water partition coefficient (Wildman–Crippen LogP) is 1.18. The minimum Gasteiger partial charge on any atom is -0.493 e. The van der Waals surface area contributed by atoms with Crippen molar-refractivity contribution in [3.63, 3.8) is 0 Å². The molecule has 0 saturated heterocycles. The number of ether oxygens (including phenoxy) is 2. The van der Waals surface area contributed by atoms with E-state index < -0.39 is 10.1 Å². The van der Waals surface area contributed by atoms with Gasteiger partial charge in [0.15, 0.2) is 11.5 Å². The summed E-state index contributed by atoms with van der Waals surface area (Å²) in [5, 5.41) is 0. The van der Waals surface area contributed by atoms with Crippen LogP contribution in [0.15, 0.2) is 18.2 Å². The summed E-state index contributed by atoms with van der Waals surface area (Å²) in [5.41, 5.74) is 0.697. The lowest BCUT2D eigenvalue weighted by atomic mass is 10.2. The summed E-state index contributed by atoms with van der Waals surface area (Å²) in [6, 6.07) is 5.08. The lowest BCUT2D eigenvalue weighted by molar-refractivity contribution is 0.309. The van der Waals surface area contributed by atoms with Crippen molar-refractivity contribution in [1.29, 1.82) is 0 Å². The Bertz CT molecular complexity index is 452. The van der Waals surface area contributed by atoms with Crippen LogP contribution in [-0.4, -0.2) is 28.9 Å². The van der Waals surface area contributed by atoms with Crippen molar-refractivity contribution < 1.29 is 22.1 Å². The van der Waals surface area contributed by atoms with Gasteiger partial charge in [-0.2, -0.15) is 8.42 Å². The Hall–Kier alpha value is -1.27. The number of rotatable bonds is 5. The zero-order valence-electron chi connectivity index (χ0n) is 9.39. The van der Waals surface area contributed by atoms with E-state index in [1.165, 1.54) is 14.2 Å². The van der Waals surface area contributed by atoms with Crippen molar-refractivity contribution in [3.8, 4) is 11.5 Å². The van der Waals surface area contributed by atoms with Crippen LogP contribution in [0, 0.1) is 0 Å². The smallest absolute Gasteiger partial charge is 0.264 e. The molecule has 1 rings (SSSR count). The van der Waals surface area contributed by atoms with Gasteiger partial charge in [0.2, 0.25) is 0 Å². The first-order chi connectivity index (χ1) is 7.46. The monoisotopic (exact) mass is 246 g/mol. The molecule has 0 aliphatic rings. The standard InChI is InChI=1S/C10H14O5S/c1-13-9-5-4-8(6-10(9)14-2)7-15-16(3,11)12/h4-6H,7H2,1-3H3. The van der Waals surface area contributed by atoms with E-state index in [0.717, 1.165) is 6.26 Å². The molecular weight excluding hydrogens is 232 g/mol. The molecule has 0 amide bonds. The van der Waals surface area contributed by atoms with Gasteiger partial charge in [-0.25, -0.2) is 0 Å². The summed E-state index contributed by atoms with van der Waals surface area (Å²) in [5.74, 6) is 1.13. The quantitative estimate of drug-likeness (QED) is 0.730. The zero-order chi connectivity index (χ0) is 12.2. The van der Waals surface area contributed by atoms with Gasteiger partial charge in [0.05, 0.1) is 27.1 Å². The molecule has 16 heavy (non-hydrogen) atoms. The van der Waals surface area contributed by atoms with Gasteiger partial charge in [0, 0.05) is 0 Å². The second-order valence-corrected chi connectivity index (χ2v) is 4.80. The van der Waals surface area contributed by atoms with E-state index in [2.05, 4.69) is 4.18 Å². The third kappa shape index (κ3) is 3.71. The molecule has 0 fully saturated rings. The summed E-state index contributed by atoms with van der Waals surface area (Å²) in [6.45, 7) is -0.0147. The molecule has 0 unspecified atom stereocenters. The highest BCUT2D eigenvalue weighted by Gasteiger charge is 2.07. The highest BCUT2D eigenvalue weighted by molar-refractivity contribution is 7.85. The third-order valence-corrected chi connectivity index (χ3v) is 2.43. The summed E-state index contributed by atoms with van der Waals surface area (Å²) < 4.78 is 36.4. The molecule has 0 aromatic heterocycles. The number of benzene rings is 1. The first-order valence-electron chi connectivity index (χ1n) is 4.51. The first-order valence-corrected chi connectivity index (χ1v) is 6.33. The molecule has 1 aromatic carbocycles. The minimum atomic E-state index is -3.43. The molecule has 6 heteroatoms. The normalized spacial score (nSPS) is 11.2. The van der Waals surface area contributed by atoms with Crippen molar-refractivity contribution in [3.05, 3.63) is 23.8 Å². The Labute approximate surface area is 95.1 Å². The van der Waals surface area contributed by atoms with Crippen LogP contribution in [0.3, 0.4) is 0 Å². The van der Waals surface area contributed by atoms with Crippen molar-refractivity contribution in [1.82, 2.24) is 0 Å². The molecule has 0 spiro atoms. The average Bonchev–Trinajstić information content (AvgIpc) is 2.25. The van der Waals surface area contributed by atoms with E-state index in [9.17, 15) is 8.42 Å². The molecular formula is C10H14O5S. The molecule has 0 N–H and O–H groups in total. The average molecular weight is 246 g/mol. The van der Waals surface area contributed by atoms with E-state index in [1.807, 2.05) is 0 Å². The fraction of sp³-hybridized carbons (Fsp3) is 0.400. The van der Waals surface area contributed by atoms with Gasteiger partial charge >= 0.3 is 0 Å². The lowest BCUT2D eigenvalue weighted by Crippen LogP contribution is -2.03. The highest BCUT2D eigenvalue weighted by Crippen LogP contribution is 2.27. The van der Waals surface area contributed by atoms with E-state index in [-0.39, 0.29) is 6.61 Å². The molecule has 90 valence electrons. The van der Waals surface area contributed by atoms with Crippen LogP contribution >= 0.6 is 0 Å². The maximum absolute atomic E-state index is 10.8. The van der Waals surface area contributed by atoms with Gasteiger partial charge in [-0.05, 0) is 17.7 Å². The maximum atomic E-state index is 10.8. The third-order valence-electron chi connectivity index (χ3n) is 1.89. The molecule has 0 bridgehead atoms. The van der Waals surface area contributed by atoms with Gasteiger partial charge in [-0.15, -0.1) is 0 Å². The number of hydrogen-bond acceptors (Lipinski definition) is 5. The van der Waals surface area contributed by atoms with Gasteiger partial charge in [0.1, 0.15) is 0 Å². The van der Waals surface area contributed by atoms with Crippen LogP contribution in [0.1, 0.15) is 5.56 Å². The Morgan fingerprint density at radius 3 is 2.25 bits per heavy atom.